The van der Waals surface area contributed by atoms with Crippen LogP contribution in [0.5, 0.6) is 0 Å². The molecule has 6 nitrogen and oxygen atoms in total. The lowest BCUT2D eigenvalue weighted by Crippen LogP contribution is -2.02. The van der Waals surface area contributed by atoms with Crippen LogP contribution in [0.2, 0.25) is 0 Å². The van der Waals surface area contributed by atoms with Crippen LogP contribution < -0.4 is 0 Å². The second kappa shape index (κ2) is 12.6. The van der Waals surface area contributed by atoms with E-state index in [9.17, 15) is 5.26 Å². The third kappa shape index (κ3) is 4.85. The van der Waals surface area contributed by atoms with E-state index >= 15 is 0 Å². The van der Waals surface area contributed by atoms with E-state index in [0.717, 1.165) is 60.1 Å². The minimum absolute atomic E-state index is 0.139. The highest BCUT2D eigenvalue weighted by atomic mass is 15.0. The first-order valence-electron chi connectivity index (χ1n) is 22.8. The first-order valence-corrected chi connectivity index (χ1v) is 17.8. The topological polar surface area (TPSA) is 72.3 Å². The lowest BCUT2D eigenvalue weighted by atomic mass is 10.1. The molecule has 0 amide bonds. The van der Waals surface area contributed by atoms with Gasteiger partial charge >= 0.3 is 0 Å². The molecule has 56 heavy (non-hydrogen) atoms. The zero-order valence-corrected chi connectivity index (χ0v) is 29.2. The fourth-order valence-corrected chi connectivity index (χ4v) is 7.83. The van der Waals surface area contributed by atoms with Crippen molar-refractivity contribution < 1.29 is 13.7 Å². The minimum Gasteiger partial charge on any atom is -0.309 e. The fraction of sp³-hybridized carbons (Fsp3) is 0. The predicted molar refractivity (Wildman–Crippen MR) is 227 cm³/mol. The van der Waals surface area contributed by atoms with E-state index in [4.69, 9.17) is 13.7 Å². The quantitative estimate of drug-likeness (QED) is 0.177. The second-order valence-corrected chi connectivity index (χ2v) is 13.2. The van der Waals surface area contributed by atoms with E-state index in [-0.39, 0.29) is 28.1 Å². The van der Waals surface area contributed by atoms with Crippen molar-refractivity contribution in [2.24, 2.45) is 0 Å². The molecule has 3 heterocycles. The summed E-state index contributed by atoms with van der Waals surface area (Å²) in [4.78, 5) is 13.6. The van der Waals surface area contributed by atoms with Gasteiger partial charge in [-0.25, -0.2) is 15.0 Å². The van der Waals surface area contributed by atoms with Crippen molar-refractivity contribution in [2.45, 2.75) is 0 Å². The molecule has 3 aromatic heterocycles. The Balaban J connectivity index is 1.19. The third-order valence-electron chi connectivity index (χ3n) is 10.2. The number of hydrogen-bond donors (Lipinski definition) is 0. The average molecular weight is 725 g/mol. The monoisotopic (exact) mass is 724 g/mol. The first-order chi connectivity index (χ1) is 31.9. The maximum Gasteiger partial charge on any atom is 0.164 e. The molecule has 0 aliphatic carbocycles. The van der Waals surface area contributed by atoms with Gasteiger partial charge in [-0.3, -0.25) is 0 Å². The molecular weight excluding hydrogens is 685 g/mol. The summed E-state index contributed by atoms with van der Waals surface area (Å²) in [6.45, 7) is 0. The normalized spacial score (nSPS) is 14.1. The van der Waals surface area contributed by atoms with Gasteiger partial charge in [0, 0.05) is 43.6 Å². The zero-order chi connectivity index (χ0) is 45.9. The molecule has 0 N–H and O–H groups in total. The van der Waals surface area contributed by atoms with Gasteiger partial charge in [0.2, 0.25) is 0 Å². The SMILES string of the molecule is [2H]c1c([2H])c([2H])c(-c2nc(-c3ccc(-n4c5ccccc5c5ccc6c(c7ccccc7n6-c6cccc7ccccc67)c54)c(C#N)c3)nc(-c3c([2H])c([2H])c([2H])c([2H])c3[2H])n2)c([2H])c1[2H]. The summed E-state index contributed by atoms with van der Waals surface area (Å²) in [7, 11) is 0. The van der Waals surface area contributed by atoms with Crippen molar-refractivity contribution in [1.29, 1.82) is 5.26 Å². The Kier molecular flexibility index (Phi) is 5.19. The molecule has 0 bridgehead atoms. The summed E-state index contributed by atoms with van der Waals surface area (Å²) < 4.78 is 89.0. The van der Waals surface area contributed by atoms with E-state index in [1.165, 1.54) is 0 Å². The molecule has 0 aliphatic rings. The Morgan fingerprint density at radius 2 is 1.05 bits per heavy atom. The van der Waals surface area contributed by atoms with Gasteiger partial charge < -0.3 is 9.13 Å². The Morgan fingerprint density at radius 3 is 1.75 bits per heavy atom. The number of aromatic nitrogens is 5. The number of nitriles is 1. The maximum atomic E-state index is 11.0. The van der Waals surface area contributed by atoms with E-state index in [1.807, 2.05) is 42.5 Å². The van der Waals surface area contributed by atoms with E-state index in [2.05, 4.69) is 90.8 Å². The summed E-state index contributed by atoms with van der Waals surface area (Å²) in [5, 5.41) is 17.1. The number of fused-ring (bicyclic) bond motifs is 8. The molecular formula is C50H30N6. The van der Waals surface area contributed by atoms with Crippen LogP contribution in [0, 0.1) is 11.3 Å². The molecule has 6 heteroatoms. The first kappa shape index (κ1) is 23.0. The smallest absolute Gasteiger partial charge is 0.164 e. The van der Waals surface area contributed by atoms with Crippen LogP contribution in [0.25, 0.3) is 99.9 Å². The van der Waals surface area contributed by atoms with Gasteiger partial charge in [-0.15, -0.1) is 0 Å². The highest BCUT2D eigenvalue weighted by molar-refractivity contribution is 6.26. The molecule has 11 aromatic rings. The van der Waals surface area contributed by atoms with Crippen molar-refractivity contribution in [3.05, 3.63) is 187 Å². The van der Waals surface area contributed by atoms with Crippen LogP contribution in [0.15, 0.2) is 182 Å². The molecule has 0 aliphatic heterocycles. The van der Waals surface area contributed by atoms with Crippen molar-refractivity contribution in [3.63, 3.8) is 0 Å². The van der Waals surface area contributed by atoms with Crippen LogP contribution in [0.3, 0.4) is 0 Å². The van der Waals surface area contributed by atoms with Gasteiger partial charge in [0.25, 0.3) is 0 Å². The Hall–Kier alpha value is -7.88. The second-order valence-electron chi connectivity index (χ2n) is 13.2. The highest BCUT2D eigenvalue weighted by Gasteiger charge is 2.23. The Bertz CT molecular complexity index is 3830. The average Bonchev–Trinajstić information content (AvgIpc) is 3.86. The summed E-state index contributed by atoms with van der Waals surface area (Å²) in [6.07, 6.45) is 0. The van der Waals surface area contributed by atoms with Crippen molar-refractivity contribution in [3.8, 4) is 51.6 Å². The number of rotatable bonds is 5. The van der Waals surface area contributed by atoms with Crippen molar-refractivity contribution in [2.75, 3.05) is 0 Å². The largest absolute Gasteiger partial charge is 0.309 e. The van der Waals surface area contributed by atoms with Crippen molar-refractivity contribution >= 4 is 54.4 Å². The van der Waals surface area contributed by atoms with Crippen LogP contribution in [0.4, 0.5) is 0 Å². The van der Waals surface area contributed by atoms with Gasteiger partial charge in [-0.1, -0.05) is 139 Å². The van der Waals surface area contributed by atoms with Gasteiger partial charge in [0.1, 0.15) is 6.07 Å². The summed E-state index contributed by atoms with van der Waals surface area (Å²) in [5.74, 6) is -0.929. The predicted octanol–water partition coefficient (Wildman–Crippen LogP) is 12.1. The zero-order valence-electron chi connectivity index (χ0n) is 39.2. The lowest BCUT2D eigenvalue weighted by molar-refractivity contribution is 1.07. The lowest BCUT2D eigenvalue weighted by Gasteiger charge is -2.14. The minimum atomic E-state index is -0.644. The van der Waals surface area contributed by atoms with E-state index < -0.39 is 72.1 Å². The molecule has 0 fully saturated rings. The summed E-state index contributed by atoms with van der Waals surface area (Å²) in [5.41, 5.74) is 4.93. The highest BCUT2D eigenvalue weighted by Crippen LogP contribution is 2.43. The molecule has 0 atom stereocenters. The standard InChI is InChI=1S/C50H30N6/c51-31-36-30-35(50-53-48(33-15-3-1-4-16-33)52-49(54-50)34-17-5-2-6-18-34)26-28-41(36)56-43-23-11-9-21-38(43)39-27-29-45-46(47(39)56)40-22-10-12-24-44(40)55(45)42-25-13-19-32-14-7-8-20-37(32)42/h1-30H/i1D,2D,3D,4D,5D,6D,15D,16D,17D,18D. The van der Waals surface area contributed by atoms with Crippen LogP contribution in [-0.2, 0) is 0 Å². The van der Waals surface area contributed by atoms with Crippen molar-refractivity contribution in [1.82, 2.24) is 24.1 Å². The molecule has 0 saturated heterocycles. The van der Waals surface area contributed by atoms with Crippen LogP contribution >= 0.6 is 0 Å². The van der Waals surface area contributed by atoms with Gasteiger partial charge in [-0.05, 0) is 47.9 Å². The summed E-state index contributed by atoms with van der Waals surface area (Å²) >= 11 is 0. The van der Waals surface area contributed by atoms with Crippen LogP contribution in [0.1, 0.15) is 19.3 Å². The van der Waals surface area contributed by atoms with E-state index in [0.29, 0.717) is 5.69 Å². The molecule has 0 unspecified atom stereocenters. The van der Waals surface area contributed by atoms with Gasteiger partial charge in [0.05, 0.1) is 52.7 Å². The molecule has 11 rings (SSSR count). The summed E-state index contributed by atoms with van der Waals surface area (Å²) in [6, 6.07) is 36.1. The number of para-hydroxylation sites is 2. The fourth-order valence-electron chi connectivity index (χ4n) is 7.83. The molecule has 260 valence electrons. The Labute approximate surface area is 335 Å². The molecule has 8 aromatic carbocycles. The van der Waals surface area contributed by atoms with Crippen LogP contribution in [-0.4, -0.2) is 24.1 Å². The molecule has 0 spiro atoms. The van der Waals surface area contributed by atoms with Gasteiger partial charge in [0.15, 0.2) is 17.5 Å². The Morgan fingerprint density at radius 1 is 0.464 bits per heavy atom. The maximum absolute atomic E-state index is 11.0. The molecule has 0 saturated carbocycles. The molecule has 0 radical (unpaired) electrons. The third-order valence-corrected chi connectivity index (χ3v) is 10.2. The van der Waals surface area contributed by atoms with E-state index in [1.54, 1.807) is 18.2 Å². The van der Waals surface area contributed by atoms with Gasteiger partial charge in [-0.2, -0.15) is 5.26 Å². The number of hydrogen-bond acceptors (Lipinski definition) is 4. The number of nitrogens with zero attached hydrogens (tertiary/aromatic N) is 6. The number of benzene rings is 8.